The number of nitrogens with zero attached hydrogens (tertiary/aromatic N) is 3. The molecule has 2 aromatic carbocycles. The van der Waals surface area contributed by atoms with Gasteiger partial charge in [-0.2, -0.15) is 0 Å². The molecule has 8 nitrogen and oxygen atoms in total. The summed E-state index contributed by atoms with van der Waals surface area (Å²) in [6.45, 7) is 0. The minimum Gasteiger partial charge on any atom is -0.478 e. The summed E-state index contributed by atoms with van der Waals surface area (Å²) in [6, 6.07) is 15.1. The van der Waals surface area contributed by atoms with Gasteiger partial charge in [-0.05, 0) is 51.9 Å². The zero-order chi connectivity index (χ0) is 19.7. The van der Waals surface area contributed by atoms with Crippen molar-refractivity contribution in [2.75, 3.05) is 0 Å². The van der Waals surface area contributed by atoms with Crippen LogP contribution in [0.2, 0.25) is 0 Å². The number of aromatic nitrogens is 4. The van der Waals surface area contributed by atoms with Crippen molar-refractivity contribution >= 4 is 23.3 Å². The molecule has 2 heterocycles. The molecule has 28 heavy (non-hydrogen) atoms. The Kier molecular flexibility index (Phi) is 4.42. The molecule has 2 aromatic heterocycles. The van der Waals surface area contributed by atoms with Crippen molar-refractivity contribution in [1.82, 2.24) is 20.6 Å². The SMILES string of the molecule is O=C(O)c1ccc(-c2cc(-c3nnn[nH]3)c(-c3ccc(C(=O)O)cc3)s2)cc1. The topological polar surface area (TPSA) is 129 Å². The molecule has 0 atom stereocenters. The number of carboxylic acid groups (broad SMARTS) is 2. The molecule has 138 valence electrons. The van der Waals surface area contributed by atoms with E-state index in [4.69, 9.17) is 10.2 Å². The highest BCUT2D eigenvalue weighted by Crippen LogP contribution is 2.42. The van der Waals surface area contributed by atoms with E-state index < -0.39 is 11.9 Å². The van der Waals surface area contributed by atoms with Crippen LogP contribution in [-0.2, 0) is 0 Å². The number of tetrazole rings is 1. The van der Waals surface area contributed by atoms with Gasteiger partial charge in [0.05, 0.1) is 11.1 Å². The Labute approximate surface area is 162 Å². The quantitative estimate of drug-likeness (QED) is 0.473. The Balaban J connectivity index is 1.81. The molecule has 4 aromatic rings. The van der Waals surface area contributed by atoms with E-state index in [0.29, 0.717) is 5.82 Å². The van der Waals surface area contributed by atoms with Gasteiger partial charge in [-0.1, -0.05) is 24.3 Å². The molecule has 0 saturated heterocycles. The van der Waals surface area contributed by atoms with Gasteiger partial charge in [0, 0.05) is 15.3 Å². The first-order valence-electron chi connectivity index (χ1n) is 8.08. The minimum atomic E-state index is -0.989. The van der Waals surface area contributed by atoms with Gasteiger partial charge in [-0.25, -0.2) is 14.7 Å². The molecular weight excluding hydrogens is 380 g/mol. The molecule has 0 aliphatic carbocycles. The minimum absolute atomic E-state index is 0.202. The molecule has 0 unspecified atom stereocenters. The number of thiophene rings is 1. The Bertz CT molecular complexity index is 1150. The van der Waals surface area contributed by atoms with Crippen molar-refractivity contribution in [2.24, 2.45) is 0 Å². The highest BCUT2D eigenvalue weighted by Gasteiger charge is 2.17. The molecule has 0 aliphatic heterocycles. The highest BCUT2D eigenvalue weighted by atomic mass is 32.1. The molecule has 0 amide bonds. The Hall–Kier alpha value is -3.85. The second-order valence-corrected chi connectivity index (χ2v) is 6.92. The molecule has 3 N–H and O–H groups in total. The number of aromatic amines is 1. The summed E-state index contributed by atoms with van der Waals surface area (Å²) in [5.41, 5.74) is 2.87. The summed E-state index contributed by atoms with van der Waals surface area (Å²) in [4.78, 5) is 23.9. The summed E-state index contributed by atoms with van der Waals surface area (Å²) in [7, 11) is 0. The van der Waals surface area contributed by atoms with E-state index in [1.54, 1.807) is 48.5 Å². The molecule has 0 radical (unpaired) electrons. The average Bonchev–Trinajstić information content (AvgIpc) is 3.38. The lowest BCUT2D eigenvalue weighted by Crippen LogP contribution is -1.94. The fourth-order valence-corrected chi connectivity index (χ4v) is 3.91. The normalized spacial score (nSPS) is 10.7. The lowest BCUT2D eigenvalue weighted by molar-refractivity contribution is 0.0686. The van der Waals surface area contributed by atoms with Crippen molar-refractivity contribution in [3.05, 3.63) is 65.7 Å². The van der Waals surface area contributed by atoms with Crippen LogP contribution >= 0.6 is 11.3 Å². The van der Waals surface area contributed by atoms with Gasteiger partial charge in [0.25, 0.3) is 0 Å². The van der Waals surface area contributed by atoms with E-state index >= 15 is 0 Å². The molecular formula is C19H12N4O4S. The fourth-order valence-electron chi connectivity index (χ4n) is 2.74. The number of H-pyrrole nitrogens is 1. The van der Waals surface area contributed by atoms with Gasteiger partial charge in [0.15, 0.2) is 5.82 Å². The van der Waals surface area contributed by atoms with Gasteiger partial charge in [0.2, 0.25) is 0 Å². The largest absolute Gasteiger partial charge is 0.478 e. The number of carboxylic acids is 2. The number of carbonyl (C=O) groups is 2. The summed E-state index contributed by atoms with van der Waals surface area (Å²) in [5, 5.41) is 32.1. The smallest absolute Gasteiger partial charge is 0.335 e. The van der Waals surface area contributed by atoms with Crippen LogP contribution in [0.3, 0.4) is 0 Å². The van der Waals surface area contributed by atoms with Gasteiger partial charge >= 0.3 is 11.9 Å². The van der Waals surface area contributed by atoms with Crippen LogP contribution in [-0.4, -0.2) is 42.8 Å². The van der Waals surface area contributed by atoms with E-state index in [0.717, 1.165) is 26.4 Å². The molecule has 0 spiro atoms. The highest BCUT2D eigenvalue weighted by molar-refractivity contribution is 7.19. The fraction of sp³-hybridized carbons (Fsp3) is 0. The first-order chi connectivity index (χ1) is 13.5. The summed E-state index contributed by atoms with van der Waals surface area (Å²) in [5.74, 6) is -1.48. The third-order valence-electron chi connectivity index (χ3n) is 4.14. The summed E-state index contributed by atoms with van der Waals surface area (Å²) in [6.07, 6.45) is 0. The summed E-state index contributed by atoms with van der Waals surface area (Å²) < 4.78 is 0. The lowest BCUT2D eigenvalue weighted by Gasteiger charge is -2.02. The van der Waals surface area contributed by atoms with Gasteiger partial charge in [0.1, 0.15) is 0 Å². The standard InChI is InChI=1S/C19H12N4O4S/c24-18(25)12-5-1-10(2-6-12)15-9-14(17-20-22-23-21-17)16(28-15)11-3-7-13(8-4-11)19(26)27/h1-9H,(H,24,25)(H,26,27)(H,20,21,22,23). The number of aromatic carboxylic acids is 2. The Morgan fingerprint density at radius 2 is 1.43 bits per heavy atom. The monoisotopic (exact) mass is 392 g/mol. The zero-order valence-electron chi connectivity index (χ0n) is 14.2. The van der Waals surface area contributed by atoms with Crippen LogP contribution in [0.15, 0.2) is 54.6 Å². The summed E-state index contributed by atoms with van der Waals surface area (Å²) >= 11 is 1.48. The third kappa shape index (κ3) is 3.26. The van der Waals surface area contributed by atoms with E-state index in [9.17, 15) is 9.59 Å². The van der Waals surface area contributed by atoms with Gasteiger partial charge < -0.3 is 10.2 Å². The van der Waals surface area contributed by atoms with Crippen molar-refractivity contribution in [3.8, 4) is 32.3 Å². The number of hydrogen-bond donors (Lipinski definition) is 3. The number of hydrogen-bond acceptors (Lipinski definition) is 6. The van der Waals surface area contributed by atoms with E-state index in [-0.39, 0.29) is 11.1 Å². The average molecular weight is 392 g/mol. The maximum Gasteiger partial charge on any atom is 0.335 e. The molecule has 0 saturated carbocycles. The van der Waals surface area contributed by atoms with Gasteiger partial charge in [-0.15, -0.1) is 16.4 Å². The predicted molar refractivity (Wildman–Crippen MR) is 102 cm³/mol. The van der Waals surface area contributed by atoms with Crippen LogP contribution in [0.5, 0.6) is 0 Å². The van der Waals surface area contributed by atoms with Crippen LogP contribution in [0.25, 0.3) is 32.3 Å². The van der Waals surface area contributed by atoms with Crippen molar-refractivity contribution in [1.29, 1.82) is 0 Å². The lowest BCUT2D eigenvalue weighted by atomic mass is 10.1. The second kappa shape index (κ2) is 7.05. The number of benzene rings is 2. The van der Waals surface area contributed by atoms with E-state index in [1.807, 2.05) is 6.07 Å². The van der Waals surface area contributed by atoms with Crippen molar-refractivity contribution < 1.29 is 19.8 Å². The predicted octanol–water partition coefficient (Wildman–Crippen LogP) is 3.66. The zero-order valence-corrected chi connectivity index (χ0v) is 15.0. The molecule has 0 aliphatic rings. The van der Waals surface area contributed by atoms with Crippen molar-refractivity contribution in [2.45, 2.75) is 0 Å². The molecule has 0 fully saturated rings. The van der Waals surface area contributed by atoms with Crippen LogP contribution in [0.4, 0.5) is 0 Å². The molecule has 0 bridgehead atoms. The first-order valence-corrected chi connectivity index (χ1v) is 8.90. The Morgan fingerprint density at radius 3 is 1.93 bits per heavy atom. The maximum absolute atomic E-state index is 11.1. The Morgan fingerprint density at radius 1 is 0.857 bits per heavy atom. The maximum atomic E-state index is 11.1. The van der Waals surface area contributed by atoms with Crippen molar-refractivity contribution in [3.63, 3.8) is 0 Å². The third-order valence-corrected chi connectivity index (χ3v) is 5.38. The number of nitrogens with one attached hydrogen (secondary N) is 1. The first kappa shape index (κ1) is 17.6. The van der Waals surface area contributed by atoms with Crippen LogP contribution in [0.1, 0.15) is 20.7 Å². The van der Waals surface area contributed by atoms with Crippen LogP contribution in [0, 0.1) is 0 Å². The van der Waals surface area contributed by atoms with Crippen LogP contribution < -0.4 is 0 Å². The van der Waals surface area contributed by atoms with E-state index in [1.165, 1.54) is 11.3 Å². The van der Waals surface area contributed by atoms with E-state index in [2.05, 4.69) is 20.6 Å². The van der Waals surface area contributed by atoms with Gasteiger partial charge in [-0.3, -0.25) is 0 Å². The molecule has 9 heteroatoms. The molecule has 4 rings (SSSR count). The number of rotatable bonds is 5. The second-order valence-electron chi connectivity index (χ2n) is 5.87.